The molecule has 0 bridgehead atoms. The molecule has 1 N–H and O–H groups in total. The summed E-state index contributed by atoms with van der Waals surface area (Å²) in [5.41, 5.74) is -0.204. The van der Waals surface area contributed by atoms with Gasteiger partial charge in [-0.05, 0) is 25.1 Å². The smallest absolute Gasteiger partial charge is 0.416 e. The lowest BCUT2D eigenvalue weighted by molar-refractivity contribution is -0.887. The van der Waals surface area contributed by atoms with E-state index >= 15 is 0 Å². The molecule has 0 aliphatic rings. The van der Waals surface area contributed by atoms with Crippen molar-refractivity contribution in [2.45, 2.75) is 13.1 Å². The van der Waals surface area contributed by atoms with Crippen molar-refractivity contribution in [3.63, 3.8) is 0 Å². The van der Waals surface area contributed by atoms with Crippen LogP contribution in [0.4, 0.5) is 34.5 Å². The first-order valence-electron chi connectivity index (χ1n) is 10.7. The number of urea groups is 1. The highest BCUT2D eigenvalue weighted by Gasteiger charge is 2.32. The highest BCUT2D eigenvalue weighted by Crippen LogP contribution is 2.36. The number of amides is 2. The molecule has 0 atom stereocenters. The Balaban J connectivity index is 0.00000456. The molecule has 0 spiro atoms. The number of benzene rings is 2. The number of quaternary nitrogens is 1. The van der Waals surface area contributed by atoms with Crippen molar-refractivity contribution in [3.8, 4) is 11.3 Å². The van der Waals surface area contributed by atoms with Crippen molar-refractivity contribution in [2.24, 2.45) is 0 Å². The zero-order chi connectivity index (χ0) is 25.8. The number of anilines is 2. The maximum atomic E-state index is 13.3. The summed E-state index contributed by atoms with van der Waals surface area (Å²) >= 11 is 1.05. The molecule has 0 unspecified atom stereocenters. The van der Waals surface area contributed by atoms with E-state index in [9.17, 15) is 28.1 Å². The summed E-state index contributed by atoms with van der Waals surface area (Å²) in [7, 11) is 4.01. The Kier molecular flexibility index (Phi) is 9.79. The molecule has 36 heavy (non-hydrogen) atoms. The highest BCUT2D eigenvalue weighted by molar-refractivity contribution is 7.14. The largest absolute Gasteiger partial charge is 1.00 e. The van der Waals surface area contributed by atoms with Crippen molar-refractivity contribution < 1.29 is 51.3 Å². The van der Waals surface area contributed by atoms with Gasteiger partial charge in [0.15, 0.2) is 5.13 Å². The first-order chi connectivity index (χ1) is 16.4. The standard InChI is InChI=1S/C23H24F3N5O3S.HI/c1-4-31(2,3)12-11-27-21(32)29(18-9-6-8-17(14-18)23(24,25)26)22-28-20(15-35-22)16-7-5-10-19(13-16)30(33)34;/h5-10,13-15H,4,11-12H2,1-3H3;1H. The van der Waals surface area contributed by atoms with Crippen LogP contribution in [0.5, 0.6) is 0 Å². The highest BCUT2D eigenvalue weighted by atomic mass is 127. The number of halogens is 4. The third kappa shape index (κ3) is 7.36. The molecule has 8 nitrogen and oxygen atoms in total. The van der Waals surface area contributed by atoms with Crippen LogP contribution in [0.1, 0.15) is 12.5 Å². The molecule has 0 fully saturated rings. The van der Waals surface area contributed by atoms with Gasteiger partial charge in [-0.2, -0.15) is 13.2 Å². The van der Waals surface area contributed by atoms with Gasteiger partial charge in [0.2, 0.25) is 0 Å². The lowest BCUT2D eigenvalue weighted by Gasteiger charge is -2.29. The number of nitrogens with zero attached hydrogens (tertiary/aromatic N) is 4. The second-order valence-corrected chi connectivity index (χ2v) is 9.25. The Morgan fingerprint density at radius 3 is 2.53 bits per heavy atom. The number of rotatable bonds is 8. The number of aromatic nitrogens is 1. The monoisotopic (exact) mass is 635 g/mol. The topological polar surface area (TPSA) is 88.4 Å². The van der Waals surface area contributed by atoms with Crippen molar-refractivity contribution in [1.29, 1.82) is 0 Å². The number of likely N-dealkylation sites (N-methyl/N-ethyl adjacent to an activating group) is 1. The third-order valence-electron chi connectivity index (χ3n) is 5.52. The van der Waals surface area contributed by atoms with E-state index < -0.39 is 22.7 Å². The molecule has 2 aromatic carbocycles. The van der Waals surface area contributed by atoms with Crippen LogP contribution in [0.25, 0.3) is 11.3 Å². The van der Waals surface area contributed by atoms with Gasteiger partial charge in [0.1, 0.15) is 0 Å². The Morgan fingerprint density at radius 1 is 1.19 bits per heavy atom. The molecule has 1 heterocycles. The molecule has 2 amide bonds. The third-order valence-corrected chi connectivity index (χ3v) is 6.35. The molecule has 3 rings (SSSR count). The molecule has 0 saturated heterocycles. The number of hydrogen-bond acceptors (Lipinski definition) is 5. The number of alkyl halides is 3. The number of hydrogen-bond donors (Lipinski definition) is 1. The van der Waals surface area contributed by atoms with Gasteiger partial charge in [0.05, 0.1) is 55.6 Å². The van der Waals surface area contributed by atoms with Crippen LogP contribution in [0, 0.1) is 10.1 Å². The second kappa shape index (κ2) is 12.0. The minimum Gasteiger partial charge on any atom is -1.00 e. The minimum absolute atomic E-state index is 0. The van der Waals surface area contributed by atoms with Crippen molar-refractivity contribution >= 4 is 33.9 Å². The number of nitro benzene ring substituents is 1. The van der Waals surface area contributed by atoms with E-state index in [1.165, 1.54) is 30.3 Å². The Morgan fingerprint density at radius 2 is 1.89 bits per heavy atom. The van der Waals surface area contributed by atoms with E-state index in [1.54, 1.807) is 11.4 Å². The number of carbonyl (C=O) groups is 1. The Hall–Kier alpha value is -2.78. The Labute approximate surface area is 227 Å². The fourth-order valence-electron chi connectivity index (χ4n) is 3.12. The fourth-order valence-corrected chi connectivity index (χ4v) is 3.97. The van der Waals surface area contributed by atoms with Crippen molar-refractivity contribution in [2.75, 3.05) is 38.6 Å². The van der Waals surface area contributed by atoms with Crippen molar-refractivity contribution in [1.82, 2.24) is 10.3 Å². The summed E-state index contributed by atoms with van der Waals surface area (Å²) in [6.07, 6.45) is -4.59. The SMILES string of the molecule is CC[N+](C)(C)CCNC(=O)N(c1cccc(C(F)(F)F)c1)c1nc(-c2cccc([N+](=O)[O-])c2)cs1.[I-]. The average Bonchev–Trinajstić information content (AvgIpc) is 3.28. The molecule has 194 valence electrons. The molecule has 1 aromatic heterocycles. The predicted molar refractivity (Wildman–Crippen MR) is 129 cm³/mol. The summed E-state index contributed by atoms with van der Waals surface area (Å²) in [5.74, 6) is 0. The van der Waals surface area contributed by atoms with E-state index in [-0.39, 0.29) is 40.5 Å². The number of nitrogens with one attached hydrogen (secondary N) is 1. The minimum atomic E-state index is -4.59. The van der Waals surface area contributed by atoms with E-state index in [0.29, 0.717) is 28.8 Å². The lowest BCUT2D eigenvalue weighted by atomic mass is 10.1. The van der Waals surface area contributed by atoms with E-state index in [1.807, 2.05) is 21.0 Å². The zero-order valence-corrected chi connectivity index (χ0v) is 22.7. The summed E-state index contributed by atoms with van der Waals surface area (Å²) in [4.78, 5) is 29.3. The summed E-state index contributed by atoms with van der Waals surface area (Å²) in [6, 6.07) is 9.65. The number of non-ortho nitro benzene ring substituents is 1. The van der Waals surface area contributed by atoms with Crippen molar-refractivity contribution in [3.05, 3.63) is 69.6 Å². The molecule has 0 aliphatic carbocycles. The van der Waals surface area contributed by atoms with Gasteiger partial charge in [0, 0.05) is 23.1 Å². The summed E-state index contributed by atoms with van der Waals surface area (Å²) in [6.45, 7) is 3.78. The second-order valence-electron chi connectivity index (χ2n) is 8.41. The van der Waals surface area contributed by atoms with Crippen LogP contribution in [0.2, 0.25) is 0 Å². The lowest BCUT2D eigenvalue weighted by Crippen LogP contribution is -3.00. The number of carbonyl (C=O) groups excluding carboxylic acids is 1. The first kappa shape index (κ1) is 29.5. The predicted octanol–water partition coefficient (Wildman–Crippen LogP) is 2.69. The van der Waals surface area contributed by atoms with Crippen LogP contribution >= 0.6 is 11.3 Å². The molecular weight excluding hydrogens is 610 g/mol. The average molecular weight is 635 g/mol. The maximum Gasteiger partial charge on any atom is 0.416 e. The van der Waals surface area contributed by atoms with Crippen LogP contribution in [0.15, 0.2) is 53.9 Å². The van der Waals surface area contributed by atoms with E-state index in [4.69, 9.17) is 0 Å². The molecule has 0 aliphatic heterocycles. The molecule has 0 radical (unpaired) electrons. The number of thiazole rings is 1. The molecular formula is C23H25F3IN5O3S. The van der Waals surface area contributed by atoms with Gasteiger partial charge >= 0.3 is 12.2 Å². The van der Waals surface area contributed by atoms with Crippen LogP contribution in [0.3, 0.4) is 0 Å². The number of nitro groups is 1. The van der Waals surface area contributed by atoms with Gasteiger partial charge in [-0.1, -0.05) is 18.2 Å². The Bertz CT molecular complexity index is 1220. The van der Waals surface area contributed by atoms with Gasteiger partial charge < -0.3 is 33.8 Å². The quantitative estimate of drug-likeness (QED) is 0.179. The molecule has 0 saturated carbocycles. The maximum absolute atomic E-state index is 13.3. The van der Waals surface area contributed by atoms with Gasteiger partial charge in [-0.25, -0.2) is 14.7 Å². The first-order valence-corrected chi connectivity index (χ1v) is 11.6. The van der Waals surface area contributed by atoms with E-state index in [0.717, 1.165) is 34.9 Å². The van der Waals surface area contributed by atoms with Crippen LogP contribution in [-0.4, -0.2) is 54.2 Å². The fraction of sp³-hybridized carbons (Fsp3) is 0.304. The molecule has 13 heteroatoms. The zero-order valence-electron chi connectivity index (χ0n) is 19.8. The molecule has 3 aromatic rings. The van der Waals surface area contributed by atoms with E-state index in [2.05, 4.69) is 10.3 Å². The van der Waals surface area contributed by atoms with Crippen LogP contribution in [-0.2, 0) is 6.18 Å². The summed E-state index contributed by atoms with van der Waals surface area (Å²) < 4.78 is 40.7. The van der Waals surface area contributed by atoms with Gasteiger partial charge in [0.25, 0.3) is 5.69 Å². The van der Waals surface area contributed by atoms with Gasteiger partial charge in [-0.3, -0.25) is 10.1 Å². The van der Waals surface area contributed by atoms with Crippen LogP contribution < -0.4 is 34.2 Å². The van der Waals surface area contributed by atoms with Gasteiger partial charge in [-0.15, -0.1) is 11.3 Å². The summed E-state index contributed by atoms with van der Waals surface area (Å²) in [5, 5.41) is 15.6. The normalized spacial score (nSPS) is 11.5.